The van der Waals surface area contributed by atoms with E-state index < -0.39 is 0 Å². The van der Waals surface area contributed by atoms with Crippen LogP contribution in [0.2, 0.25) is 0 Å². The molecule has 4 heteroatoms. The zero-order chi connectivity index (χ0) is 14.5. The molecule has 0 amide bonds. The highest BCUT2D eigenvalue weighted by Gasteiger charge is 2.21. The van der Waals surface area contributed by atoms with Crippen LogP contribution in [0.4, 0.5) is 5.69 Å². The summed E-state index contributed by atoms with van der Waals surface area (Å²) in [7, 11) is 1.81. The largest absolute Gasteiger partial charge is 0.381 e. The maximum absolute atomic E-state index is 5.46. The summed E-state index contributed by atoms with van der Waals surface area (Å²) in [6, 6.07) is 2.70. The first-order valence-corrected chi connectivity index (χ1v) is 7.56. The molecule has 0 atom stereocenters. The van der Waals surface area contributed by atoms with Crippen molar-refractivity contribution in [3.05, 3.63) is 23.5 Å². The Morgan fingerprint density at radius 1 is 1.40 bits per heavy atom. The Kier molecular flexibility index (Phi) is 5.38. The molecule has 1 fully saturated rings. The third kappa shape index (κ3) is 3.93. The van der Waals surface area contributed by atoms with E-state index in [9.17, 15) is 0 Å². The first-order valence-electron chi connectivity index (χ1n) is 7.56. The smallest absolute Gasteiger partial charge is 0.0605 e. The van der Waals surface area contributed by atoms with Crippen molar-refractivity contribution in [2.24, 2.45) is 0 Å². The minimum absolute atomic E-state index is 0.423. The van der Waals surface area contributed by atoms with E-state index in [1.54, 1.807) is 0 Å². The molecular formula is C16H27N3O. The van der Waals surface area contributed by atoms with Crippen LogP contribution in [-0.4, -0.2) is 37.3 Å². The van der Waals surface area contributed by atoms with Gasteiger partial charge in [-0.3, -0.25) is 4.98 Å². The van der Waals surface area contributed by atoms with Crippen molar-refractivity contribution >= 4 is 5.69 Å². The van der Waals surface area contributed by atoms with Gasteiger partial charge in [0.25, 0.3) is 0 Å². The number of ether oxygens (including phenoxy) is 1. The summed E-state index contributed by atoms with van der Waals surface area (Å²) in [5.41, 5.74) is 3.71. The topological polar surface area (TPSA) is 37.4 Å². The highest BCUT2D eigenvalue weighted by molar-refractivity contribution is 5.54. The van der Waals surface area contributed by atoms with Gasteiger partial charge in [-0.25, -0.2) is 0 Å². The fraction of sp³-hybridized carbons (Fsp3) is 0.688. The lowest BCUT2D eigenvalue weighted by Gasteiger charge is -2.34. The fourth-order valence-electron chi connectivity index (χ4n) is 2.65. The number of nitrogens with zero attached hydrogens (tertiary/aromatic N) is 2. The van der Waals surface area contributed by atoms with Crippen LogP contribution in [0.1, 0.15) is 37.9 Å². The molecule has 1 saturated heterocycles. The van der Waals surface area contributed by atoms with Crippen LogP contribution in [0.25, 0.3) is 0 Å². The van der Waals surface area contributed by atoms with Gasteiger partial charge in [-0.05, 0) is 25.8 Å². The Morgan fingerprint density at radius 2 is 2.10 bits per heavy atom. The Labute approximate surface area is 122 Å². The van der Waals surface area contributed by atoms with E-state index in [4.69, 9.17) is 4.74 Å². The molecule has 4 nitrogen and oxygen atoms in total. The van der Waals surface area contributed by atoms with Crippen LogP contribution in [0.15, 0.2) is 12.3 Å². The Bertz CT molecular complexity index is 426. The number of aryl methyl sites for hydroxylation is 1. The number of piperidine rings is 1. The second kappa shape index (κ2) is 7.04. The number of anilines is 1. The summed E-state index contributed by atoms with van der Waals surface area (Å²) in [5.74, 6) is 0. The van der Waals surface area contributed by atoms with Gasteiger partial charge < -0.3 is 15.0 Å². The van der Waals surface area contributed by atoms with Gasteiger partial charge in [-0.15, -0.1) is 0 Å². The number of methoxy groups -OCH3 is 1. The number of rotatable bonds is 5. The molecule has 1 aromatic rings. The molecule has 1 aliphatic rings. The number of pyridine rings is 1. The zero-order valence-corrected chi connectivity index (χ0v) is 13.1. The lowest BCUT2D eigenvalue weighted by molar-refractivity contribution is 0.0819. The van der Waals surface area contributed by atoms with E-state index in [1.807, 2.05) is 13.3 Å². The standard InChI is InChI=1S/C16H27N3O/c1-12(2)17-10-14-11-18-13(3)9-16(14)19-7-5-15(20-4)6-8-19/h9,11-12,15,17H,5-8,10H2,1-4H3. The van der Waals surface area contributed by atoms with Crippen LogP contribution < -0.4 is 10.2 Å². The Balaban J connectivity index is 2.10. The molecule has 0 unspecified atom stereocenters. The quantitative estimate of drug-likeness (QED) is 0.897. The van der Waals surface area contributed by atoms with E-state index in [0.717, 1.165) is 38.2 Å². The lowest BCUT2D eigenvalue weighted by Crippen LogP contribution is -2.37. The number of hydrogen-bond donors (Lipinski definition) is 1. The van der Waals surface area contributed by atoms with E-state index in [2.05, 4.69) is 42.0 Å². The SMILES string of the molecule is COC1CCN(c2cc(C)ncc2CNC(C)C)CC1. The number of nitrogens with one attached hydrogen (secondary N) is 1. The van der Waals surface area contributed by atoms with Crippen molar-refractivity contribution in [3.8, 4) is 0 Å². The second-order valence-corrected chi connectivity index (χ2v) is 5.91. The van der Waals surface area contributed by atoms with Gasteiger partial charge in [0, 0.05) is 55.9 Å². The van der Waals surface area contributed by atoms with Gasteiger partial charge in [-0.2, -0.15) is 0 Å². The lowest BCUT2D eigenvalue weighted by atomic mass is 10.1. The van der Waals surface area contributed by atoms with Gasteiger partial charge in [0.1, 0.15) is 0 Å². The first-order chi connectivity index (χ1) is 9.60. The third-order valence-electron chi connectivity index (χ3n) is 3.92. The highest BCUT2D eigenvalue weighted by atomic mass is 16.5. The molecular weight excluding hydrogens is 250 g/mol. The molecule has 0 bridgehead atoms. The molecule has 1 N–H and O–H groups in total. The average molecular weight is 277 g/mol. The maximum atomic E-state index is 5.46. The minimum Gasteiger partial charge on any atom is -0.381 e. The summed E-state index contributed by atoms with van der Waals surface area (Å²) in [6.07, 6.45) is 4.65. The van der Waals surface area contributed by atoms with E-state index >= 15 is 0 Å². The minimum atomic E-state index is 0.423. The van der Waals surface area contributed by atoms with Crippen LogP contribution in [0.3, 0.4) is 0 Å². The molecule has 1 aliphatic heterocycles. The molecule has 2 rings (SSSR count). The van der Waals surface area contributed by atoms with Gasteiger partial charge in [0.05, 0.1) is 6.10 Å². The van der Waals surface area contributed by atoms with Crippen molar-refractivity contribution in [2.45, 2.75) is 52.3 Å². The molecule has 0 radical (unpaired) electrons. The Morgan fingerprint density at radius 3 is 2.70 bits per heavy atom. The van der Waals surface area contributed by atoms with E-state index in [-0.39, 0.29) is 0 Å². The van der Waals surface area contributed by atoms with Crippen LogP contribution in [0.5, 0.6) is 0 Å². The molecule has 0 aromatic carbocycles. The van der Waals surface area contributed by atoms with Gasteiger partial charge in [-0.1, -0.05) is 13.8 Å². The molecule has 112 valence electrons. The predicted molar refractivity (Wildman–Crippen MR) is 83.2 cm³/mol. The second-order valence-electron chi connectivity index (χ2n) is 5.91. The summed E-state index contributed by atoms with van der Waals surface area (Å²) in [5, 5.41) is 3.49. The normalized spacial score (nSPS) is 16.9. The summed E-state index contributed by atoms with van der Waals surface area (Å²) in [4.78, 5) is 6.93. The third-order valence-corrected chi connectivity index (χ3v) is 3.92. The van der Waals surface area contributed by atoms with Crippen LogP contribution >= 0.6 is 0 Å². The van der Waals surface area contributed by atoms with Crippen molar-refractivity contribution < 1.29 is 4.74 Å². The van der Waals surface area contributed by atoms with Crippen molar-refractivity contribution in [2.75, 3.05) is 25.1 Å². The molecule has 0 spiro atoms. The van der Waals surface area contributed by atoms with Gasteiger partial charge in [0.15, 0.2) is 0 Å². The Hall–Kier alpha value is -1.13. The van der Waals surface area contributed by atoms with Gasteiger partial charge in [0.2, 0.25) is 0 Å². The molecule has 1 aromatic heterocycles. The van der Waals surface area contributed by atoms with E-state index in [1.165, 1.54) is 11.3 Å². The number of hydrogen-bond acceptors (Lipinski definition) is 4. The van der Waals surface area contributed by atoms with Crippen molar-refractivity contribution in [3.63, 3.8) is 0 Å². The van der Waals surface area contributed by atoms with Crippen LogP contribution in [-0.2, 0) is 11.3 Å². The monoisotopic (exact) mass is 277 g/mol. The summed E-state index contributed by atoms with van der Waals surface area (Å²) in [6.45, 7) is 9.42. The molecule has 0 aliphatic carbocycles. The molecule has 20 heavy (non-hydrogen) atoms. The number of aromatic nitrogens is 1. The maximum Gasteiger partial charge on any atom is 0.0605 e. The van der Waals surface area contributed by atoms with E-state index in [0.29, 0.717) is 12.1 Å². The molecule has 2 heterocycles. The summed E-state index contributed by atoms with van der Waals surface area (Å²) >= 11 is 0. The summed E-state index contributed by atoms with van der Waals surface area (Å²) < 4.78 is 5.46. The average Bonchev–Trinajstić information content (AvgIpc) is 2.46. The zero-order valence-electron chi connectivity index (χ0n) is 13.1. The van der Waals surface area contributed by atoms with Crippen molar-refractivity contribution in [1.82, 2.24) is 10.3 Å². The van der Waals surface area contributed by atoms with Crippen LogP contribution in [0, 0.1) is 6.92 Å². The highest BCUT2D eigenvalue weighted by Crippen LogP contribution is 2.25. The fourth-order valence-corrected chi connectivity index (χ4v) is 2.65. The first kappa shape index (κ1) is 15.3. The predicted octanol–water partition coefficient (Wildman–Crippen LogP) is 2.50. The molecule has 0 saturated carbocycles. The van der Waals surface area contributed by atoms with Crippen molar-refractivity contribution in [1.29, 1.82) is 0 Å². The van der Waals surface area contributed by atoms with Gasteiger partial charge >= 0.3 is 0 Å².